The monoisotopic (exact) mass is 259 g/mol. The lowest BCUT2D eigenvalue weighted by molar-refractivity contribution is 0.268. The van der Waals surface area contributed by atoms with Crippen molar-refractivity contribution in [1.82, 2.24) is 4.90 Å². The molecule has 0 radical (unpaired) electrons. The van der Waals surface area contributed by atoms with Crippen LogP contribution in [-0.4, -0.2) is 18.5 Å². The molecule has 0 spiro atoms. The molecule has 1 heterocycles. The van der Waals surface area contributed by atoms with E-state index in [9.17, 15) is 0 Å². The van der Waals surface area contributed by atoms with E-state index in [4.69, 9.17) is 0 Å². The Bertz CT molecular complexity index is 380. The minimum Gasteiger partial charge on any atom is -0.376 e. The smallest absolute Gasteiger partial charge is 0.0350 e. The first kappa shape index (κ1) is 14.4. The van der Waals surface area contributed by atoms with E-state index >= 15 is 0 Å². The van der Waals surface area contributed by atoms with E-state index in [0.29, 0.717) is 5.41 Å². The maximum atomic E-state index is 2.47. The molecule has 0 unspecified atom stereocenters. The van der Waals surface area contributed by atoms with Crippen LogP contribution in [0.25, 0.3) is 0 Å². The third-order valence-corrected chi connectivity index (χ3v) is 4.68. The van der Waals surface area contributed by atoms with Crippen molar-refractivity contribution >= 4 is 0 Å². The van der Waals surface area contributed by atoms with E-state index in [1.54, 1.807) is 5.57 Å². The van der Waals surface area contributed by atoms with Gasteiger partial charge in [-0.15, -0.1) is 0 Å². The van der Waals surface area contributed by atoms with Gasteiger partial charge in [0.2, 0.25) is 0 Å². The molecule has 1 saturated carbocycles. The maximum absolute atomic E-state index is 2.47. The zero-order chi connectivity index (χ0) is 13.7. The van der Waals surface area contributed by atoms with Crippen molar-refractivity contribution in [3.8, 4) is 0 Å². The molecule has 0 aromatic heterocycles. The van der Waals surface area contributed by atoms with Gasteiger partial charge in [0.15, 0.2) is 0 Å². The second kappa shape index (κ2) is 6.45. The molecule has 1 fully saturated rings. The summed E-state index contributed by atoms with van der Waals surface area (Å²) in [6.45, 7) is 5.79. The van der Waals surface area contributed by atoms with Gasteiger partial charge in [0, 0.05) is 19.8 Å². The summed E-state index contributed by atoms with van der Waals surface area (Å²) in [5.74, 6) is 0. The topological polar surface area (TPSA) is 3.24 Å². The molecule has 1 aliphatic carbocycles. The summed E-state index contributed by atoms with van der Waals surface area (Å²) in [4.78, 5) is 2.33. The van der Waals surface area contributed by atoms with Crippen LogP contribution in [0.3, 0.4) is 0 Å². The van der Waals surface area contributed by atoms with Crippen molar-refractivity contribution < 1.29 is 0 Å². The summed E-state index contributed by atoms with van der Waals surface area (Å²) in [5.41, 5.74) is 3.48. The van der Waals surface area contributed by atoms with Gasteiger partial charge in [0.1, 0.15) is 0 Å². The summed E-state index contributed by atoms with van der Waals surface area (Å²) < 4.78 is 0. The zero-order valence-corrected chi connectivity index (χ0v) is 12.9. The molecule has 2 rings (SSSR count). The molecule has 0 atom stereocenters. The minimum atomic E-state index is 0.399. The summed E-state index contributed by atoms with van der Waals surface area (Å²) >= 11 is 0. The van der Waals surface area contributed by atoms with Gasteiger partial charge in [0.25, 0.3) is 0 Å². The van der Waals surface area contributed by atoms with Gasteiger partial charge in [-0.05, 0) is 43.6 Å². The van der Waals surface area contributed by atoms with E-state index in [1.807, 2.05) is 0 Å². The molecule has 1 aliphatic heterocycles. The average molecular weight is 259 g/mol. The lowest BCUT2D eigenvalue weighted by Gasteiger charge is -2.36. The molecule has 1 nitrogen and oxygen atoms in total. The van der Waals surface area contributed by atoms with Crippen molar-refractivity contribution in [2.45, 2.75) is 58.8 Å². The first-order chi connectivity index (χ1) is 9.10. The molecule has 19 heavy (non-hydrogen) atoms. The van der Waals surface area contributed by atoms with Gasteiger partial charge in [-0.2, -0.15) is 0 Å². The Balaban J connectivity index is 2.28. The van der Waals surface area contributed by atoms with Crippen LogP contribution in [0.1, 0.15) is 58.8 Å². The minimum absolute atomic E-state index is 0.399. The first-order valence-electron chi connectivity index (χ1n) is 7.85. The Morgan fingerprint density at radius 1 is 1.11 bits per heavy atom. The Morgan fingerprint density at radius 2 is 1.84 bits per heavy atom. The molecule has 0 aromatic rings. The van der Waals surface area contributed by atoms with Gasteiger partial charge < -0.3 is 4.90 Å². The maximum Gasteiger partial charge on any atom is 0.0350 e. The molecule has 0 N–H and O–H groups in total. The number of likely N-dealkylation sites (N-methyl/N-ethyl adjacent to an activating group) is 1. The van der Waals surface area contributed by atoms with Gasteiger partial charge >= 0.3 is 0 Å². The largest absolute Gasteiger partial charge is 0.376 e. The second-order valence-electron chi connectivity index (χ2n) is 6.65. The van der Waals surface area contributed by atoms with E-state index in [2.05, 4.69) is 50.2 Å². The third-order valence-electron chi connectivity index (χ3n) is 4.68. The number of rotatable bonds is 1. The fraction of sp³-hybridized carbons (Fsp3) is 0.667. The Kier molecular flexibility index (Phi) is 4.90. The van der Waals surface area contributed by atoms with Crippen molar-refractivity contribution in [1.29, 1.82) is 0 Å². The number of allylic oxidation sites excluding steroid dienone is 4. The highest BCUT2D eigenvalue weighted by atomic mass is 15.1. The zero-order valence-electron chi connectivity index (χ0n) is 12.9. The highest BCUT2D eigenvalue weighted by Crippen LogP contribution is 2.43. The van der Waals surface area contributed by atoms with E-state index in [0.717, 1.165) is 6.54 Å². The SMILES string of the molecule is C/C1=C\C(C2(C)CCCCC2)=C/N(C)C/C=C\CC1. The van der Waals surface area contributed by atoms with Crippen molar-refractivity contribution in [2.24, 2.45) is 5.41 Å². The molecular weight excluding hydrogens is 230 g/mol. The van der Waals surface area contributed by atoms with Gasteiger partial charge in [-0.25, -0.2) is 0 Å². The van der Waals surface area contributed by atoms with Crippen LogP contribution in [-0.2, 0) is 0 Å². The Labute approximate surface area is 119 Å². The molecular formula is C18H29N. The highest BCUT2D eigenvalue weighted by Gasteiger charge is 2.30. The quantitative estimate of drug-likeness (QED) is 0.594. The van der Waals surface area contributed by atoms with Crippen molar-refractivity contribution in [3.05, 3.63) is 35.6 Å². The molecule has 2 aliphatic rings. The molecule has 106 valence electrons. The summed E-state index contributed by atoms with van der Waals surface area (Å²) in [7, 11) is 2.20. The van der Waals surface area contributed by atoms with Crippen molar-refractivity contribution in [2.75, 3.05) is 13.6 Å². The number of hydrogen-bond acceptors (Lipinski definition) is 1. The van der Waals surface area contributed by atoms with Crippen LogP contribution < -0.4 is 0 Å². The van der Waals surface area contributed by atoms with E-state index in [-0.39, 0.29) is 0 Å². The highest BCUT2D eigenvalue weighted by molar-refractivity contribution is 5.30. The standard InChI is InChI=1S/C18H29N/c1-16-10-6-4-9-13-19(3)15-17(14-16)18(2)11-7-5-8-12-18/h4,9,14-15H,5-8,10-13H2,1-3H3/b9-4-,16-14+,17-15+. The third kappa shape index (κ3) is 3.99. The van der Waals surface area contributed by atoms with Crippen LogP contribution >= 0.6 is 0 Å². The molecule has 0 amide bonds. The fourth-order valence-corrected chi connectivity index (χ4v) is 3.29. The van der Waals surface area contributed by atoms with Crippen LogP contribution in [0.5, 0.6) is 0 Å². The van der Waals surface area contributed by atoms with E-state index in [1.165, 1.54) is 50.5 Å². The lowest BCUT2D eigenvalue weighted by Crippen LogP contribution is -2.24. The van der Waals surface area contributed by atoms with E-state index < -0.39 is 0 Å². The number of hydrogen-bond donors (Lipinski definition) is 0. The molecule has 0 aromatic carbocycles. The average Bonchev–Trinajstić information content (AvgIpc) is 2.38. The normalized spacial score (nSPS) is 31.8. The van der Waals surface area contributed by atoms with Gasteiger partial charge in [-0.3, -0.25) is 0 Å². The fourth-order valence-electron chi connectivity index (χ4n) is 3.29. The summed E-state index contributed by atoms with van der Waals surface area (Å²) in [5, 5.41) is 0. The predicted octanol–water partition coefficient (Wildman–Crippen LogP) is 5.07. The lowest BCUT2D eigenvalue weighted by atomic mass is 9.70. The molecule has 1 heteroatoms. The molecule has 0 saturated heterocycles. The predicted molar refractivity (Wildman–Crippen MR) is 84.0 cm³/mol. The first-order valence-corrected chi connectivity index (χ1v) is 7.85. The Morgan fingerprint density at radius 3 is 2.58 bits per heavy atom. The van der Waals surface area contributed by atoms with Crippen molar-refractivity contribution in [3.63, 3.8) is 0 Å². The summed E-state index contributed by atoms with van der Waals surface area (Å²) in [6, 6.07) is 0. The van der Waals surface area contributed by atoms with Gasteiger partial charge in [-0.1, -0.05) is 50.0 Å². The summed E-state index contributed by atoms with van der Waals surface area (Å²) in [6.07, 6.45) is 18.8. The second-order valence-corrected chi connectivity index (χ2v) is 6.65. The van der Waals surface area contributed by atoms with Crippen LogP contribution in [0.15, 0.2) is 35.6 Å². The van der Waals surface area contributed by atoms with Crippen LogP contribution in [0.4, 0.5) is 0 Å². The number of nitrogens with zero attached hydrogens (tertiary/aromatic N) is 1. The van der Waals surface area contributed by atoms with Gasteiger partial charge in [0.05, 0.1) is 0 Å². The Hall–Kier alpha value is -0.980. The van der Waals surface area contributed by atoms with Crippen LogP contribution in [0, 0.1) is 5.41 Å². The van der Waals surface area contributed by atoms with Crippen LogP contribution in [0.2, 0.25) is 0 Å². The molecule has 0 bridgehead atoms.